The molecule has 1 atom stereocenters. The predicted octanol–water partition coefficient (Wildman–Crippen LogP) is 4.13. The third-order valence-electron chi connectivity index (χ3n) is 3.03. The van der Waals surface area contributed by atoms with Crippen LogP contribution in [0.2, 0.25) is 0 Å². The summed E-state index contributed by atoms with van der Waals surface area (Å²) in [5.74, 6) is 1.05. The molecule has 2 aromatic rings. The van der Waals surface area contributed by atoms with Crippen LogP contribution in [0, 0.1) is 0 Å². The minimum absolute atomic E-state index is 0.0995. The molecule has 0 spiro atoms. The van der Waals surface area contributed by atoms with Crippen molar-refractivity contribution in [1.82, 2.24) is 14.9 Å². The Labute approximate surface area is 130 Å². The molecule has 1 aromatic carbocycles. The van der Waals surface area contributed by atoms with E-state index in [0.29, 0.717) is 0 Å². The molecular weight excluding hydrogens is 370 g/mol. The van der Waals surface area contributed by atoms with Crippen molar-refractivity contribution in [3.05, 3.63) is 50.9 Å². The standard InChI is InChI=1S/C14H17Br2N3/c1-3-17-13(14-18-7-8-19(14)4-2)11-6-5-10(15)9-12(11)16/h5-9,13,17H,3-4H2,1-2H3. The number of benzene rings is 1. The van der Waals surface area contributed by atoms with Crippen LogP contribution in [0.4, 0.5) is 0 Å². The van der Waals surface area contributed by atoms with E-state index in [-0.39, 0.29) is 6.04 Å². The number of hydrogen-bond acceptors (Lipinski definition) is 2. The highest BCUT2D eigenvalue weighted by molar-refractivity contribution is 9.11. The van der Waals surface area contributed by atoms with Gasteiger partial charge in [-0.15, -0.1) is 0 Å². The average molecular weight is 387 g/mol. The summed E-state index contributed by atoms with van der Waals surface area (Å²) in [5, 5.41) is 3.51. The molecule has 2 rings (SSSR count). The van der Waals surface area contributed by atoms with Crippen molar-refractivity contribution < 1.29 is 0 Å². The van der Waals surface area contributed by atoms with E-state index in [1.807, 2.05) is 12.4 Å². The van der Waals surface area contributed by atoms with Crippen molar-refractivity contribution in [2.75, 3.05) is 6.54 Å². The zero-order chi connectivity index (χ0) is 13.8. The lowest BCUT2D eigenvalue weighted by molar-refractivity contribution is 0.557. The highest BCUT2D eigenvalue weighted by Gasteiger charge is 2.20. The van der Waals surface area contributed by atoms with Gasteiger partial charge in [0.25, 0.3) is 0 Å². The maximum atomic E-state index is 4.51. The van der Waals surface area contributed by atoms with Crippen LogP contribution in [-0.4, -0.2) is 16.1 Å². The smallest absolute Gasteiger partial charge is 0.130 e. The fourth-order valence-electron chi connectivity index (χ4n) is 2.13. The number of hydrogen-bond donors (Lipinski definition) is 1. The molecule has 1 heterocycles. The van der Waals surface area contributed by atoms with Gasteiger partial charge < -0.3 is 9.88 Å². The van der Waals surface area contributed by atoms with Crippen molar-refractivity contribution in [3.63, 3.8) is 0 Å². The molecule has 0 saturated heterocycles. The lowest BCUT2D eigenvalue weighted by Crippen LogP contribution is -2.25. The molecule has 1 unspecified atom stereocenters. The van der Waals surface area contributed by atoms with Crippen molar-refractivity contribution in [2.45, 2.75) is 26.4 Å². The van der Waals surface area contributed by atoms with Gasteiger partial charge in [-0.3, -0.25) is 0 Å². The van der Waals surface area contributed by atoms with Gasteiger partial charge in [-0.2, -0.15) is 0 Å². The minimum Gasteiger partial charge on any atom is -0.334 e. The molecule has 102 valence electrons. The lowest BCUT2D eigenvalue weighted by Gasteiger charge is -2.20. The fraction of sp³-hybridized carbons (Fsp3) is 0.357. The molecule has 1 aromatic heterocycles. The Bertz CT molecular complexity index is 551. The monoisotopic (exact) mass is 385 g/mol. The SMILES string of the molecule is CCNC(c1ccc(Br)cc1Br)c1nccn1CC. The molecule has 0 aliphatic heterocycles. The minimum atomic E-state index is 0.0995. The van der Waals surface area contributed by atoms with Gasteiger partial charge in [-0.25, -0.2) is 4.98 Å². The Morgan fingerprint density at radius 2 is 2.11 bits per heavy atom. The quantitative estimate of drug-likeness (QED) is 0.837. The van der Waals surface area contributed by atoms with Gasteiger partial charge in [0.1, 0.15) is 5.82 Å². The maximum absolute atomic E-state index is 4.51. The summed E-state index contributed by atoms with van der Waals surface area (Å²) in [6.45, 7) is 6.05. The largest absolute Gasteiger partial charge is 0.334 e. The van der Waals surface area contributed by atoms with E-state index in [0.717, 1.165) is 27.9 Å². The van der Waals surface area contributed by atoms with Gasteiger partial charge in [-0.1, -0.05) is 44.8 Å². The predicted molar refractivity (Wildman–Crippen MR) is 85.3 cm³/mol. The molecule has 0 saturated carbocycles. The first kappa shape index (κ1) is 14.8. The van der Waals surface area contributed by atoms with Crippen LogP contribution in [0.15, 0.2) is 39.5 Å². The first-order valence-corrected chi connectivity index (χ1v) is 7.95. The number of halogens is 2. The Hall–Kier alpha value is -0.650. The second-order valence-electron chi connectivity index (χ2n) is 4.23. The number of aromatic nitrogens is 2. The summed E-state index contributed by atoms with van der Waals surface area (Å²) >= 11 is 7.13. The van der Waals surface area contributed by atoms with E-state index in [1.165, 1.54) is 5.56 Å². The Morgan fingerprint density at radius 1 is 1.32 bits per heavy atom. The van der Waals surface area contributed by atoms with Crippen LogP contribution in [0.1, 0.15) is 31.3 Å². The molecule has 0 amide bonds. The Morgan fingerprint density at radius 3 is 2.74 bits per heavy atom. The summed E-state index contributed by atoms with van der Waals surface area (Å²) in [6, 6.07) is 6.35. The summed E-state index contributed by atoms with van der Waals surface area (Å²) in [5.41, 5.74) is 1.20. The number of nitrogens with one attached hydrogen (secondary N) is 1. The molecule has 0 aliphatic rings. The van der Waals surface area contributed by atoms with Crippen LogP contribution in [0.5, 0.6) is 0 Å². The van der Waals surface area contributed by atoms with Crippen LogP contribution in [0.25, 0.3) is 0 Å². The summed E-state index contributed by atoms with van der Waals surface area (Å²) in [7, 11) is 0. The topological polar surface area (TPSA) is 29.9 Å². The number of imidazole rings is 1. The zero-order valence-electron chi connectivity index (χ0n) is 11.0. The number of nitrogens with zero attached hydrogens (tertiary/aromatic N) is 2. The molecule has 0 fully saturated rings. The normalized spacial score (nSPS) is 12.6. The third kappa shape index (κ3) is 3.27. The van der Waals surface area contributed by atoms with Gasteiger partial charge in [0, 0.05) is 27.9 Å². The molecule has 0 aliphatic carbocycles. The van der Waals surface area contributed by atoms with E-state index in [4.69, 9.17) is 0 Å². The number of aryl methyl sites for hydroxylation is 1. The van der Waals surface area contributed by atoms with Crippen molar-refractivity contribution in [3.8, 4) is 0 Å². The van der Waals surface area contributed by atoms with Gasteiger partial charge in [0.05, 0.1) is 6.04 Å². The van der Waals surface area contributed by atoms with Crippen LogP contribution in [-0.2, 0) is 6.54 Å². The van der Waals surface area contributed by atoms with Crippen molar-refractivity contribution in [1.29, 1.82) is 0 Å². The van der Waals surface area contributed by atoms with Crippen molar-refractivity contribution in [2.24, 2.45) is 0 Å². The average Bonchev–Trinajstić information content (AvgIpc) is 2.85. The molecule has 19 heavy (non-hydrogen) atoms. The molecule has 0 radical (unpaired) electrons. The number of rotatable bonds is 5. The van der Waals surface area contributed by atoms with E-state index in [1.54, 1.807) is 0 Å². The van der Waals surface area contributed by atoms with E-state index in [9.17, 15) is 0 Å². The zero-order valence-corrected chi connectivity index (χ0v) is 14.2. The molecule has 0 bridgehead atoms. The van der Waals surface area contributed by atoms with Gasteiger partial charge >= 0.3 is 0 Å². The molecule has 1 N–H and O–H groups in total. The highest BCUT2D eigenvalue weighted by atomic mass is 79.9. The summed E-state index contributed by atoms with van der Waals surface area (Å²) in [4.78, 5) is 4.51. The second-order valence-corrected chi connectivity index (χ2v) is 6.00. The van der Waals surface area contributed by atoms with Gasteiger partial charge in [0.15, 0.2) is 0 Å². The third-order valence-corrected chi connectivity index (χ3v) is 4.21. The first-order valence-electron chi connectivity index (χ1n) is 6.36. The summed E-state index contributed by atoms with van der Waals surface area (Å²) in [6.07, 6.45) is 3.88. The fourth-order valence-corrected chi connectivity index (χ4v) is 3.40. The van der Waals surface area contributed by atoms with Crippen molar-refractivity contribution >= 4 is 31.9 Å². The van der Waals surface area contributed by atoms with E-state index >= 15 is 0 Å². The molecule has 5 heteroatoms. The highest BCUT2D eigenvalue weighted by Crippen LogP contribution is 2.30. The van der Waals surface area contributed by atoms with Gasteiger partial charge in [-0.05, 0) is 31.2 Å². The van der Waals surface area contributed by atoms with Crippen LogP contribution >= 0.6 is 31.9 Å². The molecular formula is C14H17Br2N3. The van der Waals surface area contributed by atoms with Crippen LogP contribution < -0.4 is 5.32 Å². The lowest BCUT2D eigenvalue weighted by atomic mass is 10.1. The van der Waals surface area contributed by atoms with Crippen LogP contribution in [0.3, 0.4) is 0 Å². The van der Waals surface area contributed by atoms with E-state index < -0.39 is 0 Å². The Balaban J connectivity index is 2.45. The summed E-state index contributed by atoms with van der Waals surface area (Å²) < 4.78 is 4.32. The first-order chi connectivity index (χ1) is 9.17. The second kappa shape index (κ2) is 6.68. The van der Waals surface area contributed by atoms with Gasteiger partial charge in [0.2, 0.25) is 0 Å². The maximum Gasteiger partial charge on any atom is 0.130 e. The molecule has 3 nitrogen and oxygen atoms in total. The van der Waals surface area contributed by atoms with E-state index in [2.05, 4.69) is 78.8 Å². The Kier molecular flexibility index (Phi) is 5.19.